The second-order valence-corrected chi connectivity index (χ2v) is 6.16. The number of aryl methyl sites for hydroxylation is 1. The molecular weight excluding hydrogens is 314 g/mol. The van der Waals surface area contributed by atoms with Crippen LogP contribution in [-0.4, -0.2) is 35.4 Å². The van der Waals surface area contributed by atoms with Crippen molar-refractivity contribution in [3.05, 3.63) is 23.3 Å². The van der Waals surface area contributed by atoms with Gasteiger partial charge in [-0.05, 0) is 45.4 Å². The van der Waals surface area contributed by atoms with Gasteiger partial charge in [0.15, 0.2) is 6.04 Å². The lowest BCUT2D eigenvalue weighted by atomic mass is 10.1. The van der Waals surface area contributed by atoms with Gasteiger partial charge in [-0.15, -0.1) is 0 Å². The van der Waals surface area contributed by atoms with Crippen LogP contribution in [0.3, 0.4) is 0 Å². The molecule has 0 saturated heterocycles. The molecular formula is C16H21N3O5. The number of nitrogens with one attached hydrogen (secondary N) is 1. The van der Waals surface area contributed by atoms with Crippen LogP contribution in [0.1, 0.15) is 31.9 Å². The molecule has 1 unspecified atom stereocenters. The summed E-state index contributed by atoms with van der Waals surface area (Å²) in [6.45, 7) is 6.36. The summed E-state index contributed by atoms with van der Waals surface area (Å²) in [7, 11) is 0. The zero-order chi connectivity index (χ0) is 18.5. The summed E-state index contributed by atoms with van der Waals surface area (Å²) < 4.78 is 10.4. The average Bonchev–Trinajstić information content (AvgIpc) is 2.43. The molecule has 8 heteroatoms. The minimum absolute atomic E-state index is 0.207. The summed E-state index contributed by atoms with van der Waals surface area (Å²) in [5, 5.41) is 20.3. The van der Waals surface area contributed by atoms with E-state index in [2.05, 4.69) is 5.32 Å². The van der Waals surface area contributed by atoms with Gasteiger partial charge in [0, 0.05) is 0 Å². The summed E-state index contributed by atoms with van der Waals surface area (Å²) >= 11 is 0. The van der Waals surface area contributed by atoms with E-state index < -0.39 is 23.7 Å². The molecule has 0 spiro atoms. The van der Waals surface area contributed by atoms with E-state index in [1.54, 1.807) is 33.8 Å². The van der Waals surface area contributed by atoms with Crippen LogP contribution in [0.5, 0.6) is 5.75 Å². The van der Waals surface area contributed by atoms with Crippen LogP contribution in [0, 0.1) is 18.3 Å². The fraction of sp³-hybridized carbons (Fsp3) is 0.438. The van der Waals surface area contributed by atoms with Gasteiger partial charge in [0.05, 0.1) is 17.3 Å². The third kappa shape index (κ3) is 5.68. The number of carbonyl (C=O) groups excluding carboxylic acids is 1. The van der Waals surface area contributed by atoms with Crippen molar-refractivity contribution in [1.82, 2.24) is 5.32 Å². The molecule has 8 nitrogen and oxygen atoms in total. The Morgan fingerprint density at radius 1 is 1.42 bits per heavy atom. The van der Waals surface area contributed by atoms with Gasteiger partial charge in [0.1, 0.15) is 18.0 Å². The number of benzene rings is 1. The molecule has 1 aromatic rings. The van der Waals surface area contributed by atoms with Gasteiger partial charge in [-0.1, -0.05) is 0 Å². The lowest BCUT2D eigenvalue weighted by Crippen LogP contribution is -2.46. The van der Waals surface area contributed by atoms with Crippen molar-refractivity contribution in [2.45, 2.75) is 39.3 Å². The molecule has 0 aliphatic heterocycles. The standard InChI is InChI=1S/C16H21N3O5/c1-9-5-13(11(18)6-10(9)7-17)23-8-12(14(20)21)19-15(22)24-16(2,3)4/h5-6,12H,8,18H2,1-4H3,(H,19,22)(H,20,21). The van der Waals surface area contributed by atoms with Gasteiger partial charge in [-0.3, -0.25) is 0 Å². The summed E-state index contributed by atoms with van der Waals surface area (Å²) in [6, 6.07) is 3.67. The van der Waals surface area contributed by atoms with Gasteiger partial charge < -0.3 is 25.6 Å². The smallest absolute Gasteiger partial charge is 0.408 e. The molecule has 1 amide bonds. The number of nitriles is 1. The molecule has 0 saturated carbocycles. The predicted octanol–water partition coefficient (Wildman–Crippen LogP) is 1.81. The number of anilines is 1. The largest absolute Gasteiger partial charge is 0.489 e. The Bertz CT molecular complexity index is 674. The molecule has 1 rings (SSSR count). The highest BCUT2D eigenvalue weighted by atomic mass is 16.6. The second kappa shape index (κ2) is 7.55. The summed E-state index contributed by atoms with van der Waals surface area (Å²) in [6.07, 6.45) is -0.859. The van der Waals surface area contributed by atoms with Crippen LogP contribution in [-0.2, 0) is 9.53 Å². The fourth-order valence-electron chi connectivity index (χ4n) is 1.74. The average molecular weight is 335 g/mol. The number of hydrogen-bond donors (Lipinski definition) is 3. The first-order chi connectivity index (χ1) is 11.0. The molecule has 0 aliphatic carbocycles. The first kappa shape index (κ1) is 19.1. The van der Waals surface area contributed by atoms with Crippen LogP contribution in [0.2, 0.25) is 0 Å². The highest BCUT2D eigenvalue weighted by Crippen LogP contribution is 2.25. The predicted molar refractivity (Wildman–Crippen MR) is 86.6 cm³/mol. The molecule has 0 bridgehead atoms. The van der Waals surface area contributed by atoms with E-state index in [0.29, 0.717) is 11.1 Å². The lowest BCUT2D eigenvalue weighted by molar-refractivity contribution is -0.140. The number of nitrogen functional groups attached to an aromatic ring is 1. The van der Waals surface area contributed by atoms with Crippen LogP contribution in [0.25, 0.3) is 0 Å². The Labute approximate surface area is 140 Å². The maximum atomic E-state index is 11.7. The van der Waals surface area contributed by atoms with Gasteiger partial charge in [-0.2, -0.15) is 5.26 Å². The number of carboxylic acid groups (broad SMARTS) is 1. The molecule has 24 heavy (non-hydrogen) atoms. The molecule has 4 N–H and O–H groups in total. The van der Waals surface area contributed by atoms with Gasteiger partial charge >= 0.3 is 12.1 Å². The Morgan fingerprint density at radius 3 is 2.54 bits per heavy atom. The monoisotopic (exact) mass is 335 g/mol. The molecule has 130 valence electrons. The quantitative estimate of drug-likeness (QED) is 0.698. The topological polar surface area (TPSA) is 135 Å². The van der Waals surface area contributed by atoms with Gasteiger partial charge in [0.25, 0.3) is 0 Å². The number of alkyl carbamates (subject to hydrolysis) is 1. The highest BCUT2D eigenvalue weighted by Gasteiger charge is 2.25. The number of rotatable bonds is 5. The number of nitrogens with two attached hydrogens (primary N) is 1. The van der Waals surface area contributed by atoms with E-state index in [1.165, 1.54) is 6.07 Å². The van der Waals surface area contributed by atoms with Crippen LogP contribution < -0.4 is 15.8 Å². The number of amides is 1. The Morgan fingerprint density at radius 2 is 2.04 bits per heavy atom. The Kier molecular flexibility index (Phi) is 6.01. The zero-order valence-electron chi connectivity index (χ0n) is 14.0. The number of nitrogens with zero attached hydrogens (tertiary/aromatic N) is 1. The first-order valence-corrected chi connectivity index (χ1v) is 7.19. The van der Waals surface area contributed by atoms with E-state index in [1.807, 2.05) is 6.07 Å². The summed E-state index contributed by atoms with van der Waals surface area (Å²) in [5.41, 5.74) is 6.29. The molecule has 1 aromatic carbocycles. The number of aliphatic carboxylic acids is 1. The van der Waals surface area contributed by atoms with E-state index in [-0.39, 0.29) is 18.0 Å². The molecule has 1 atom stereocenters. The molecule has 0 heterocycles. The molecule has 0 aliphatic rings. The van der Waals surface area contributed by atoms with Crippen molar-refractivity contribution in [2.75, 3.05) is 12.3 Å². The summed E-state index contributed by atoms with van der Waals surface area (Å²) in [5.74, 6) is -1.03. The van der Waals surface area contributed by atoms with E-state index in [9.17, 15) is 14.7 Å². The Balaban J connectivity index is 2.78. The molecule has 0 fully saturated rings. The zero-order valence-corrected chi connectivity index (χ0v) is 14.0. The maximum Gasteiger partial charge on any atom is 0.408 e. The number of hydrogen-bond acceptors (Lipinski definition) is 6. The van der Waals surface area contributed by atoms with Crippen molar-refractivity contribution in [3.8, 4) is 11.8 Å². The third-order valence-electron chi connectivity index (χ3n) is 2.87. The highest BCUT2D eigenvalue weighted by molar-refractivity contribution is 5.80. The maximum absolute atomic E-state index is 11.7. The van der Waals surface area contributed by atoms with Crippen LogP contribution in [0.4, 0.5) is 10.5 Å². The van der Waals surface area contributed by atoms with Crippen molar-refractivity contribution >= 4 is 17.7 Å². The van der Waals surface area contributed by atoms with Crippen molar-refractivity contribution in [2.24, 2.45) is 0 Å². The second-order valence-electron chi connectivity index (χ2n) is 6.16. The van der Waals surface area contributed by atoms with Gasteiger partial charge in [-0.25, -0.2) is 9.59 Å². The minimum Gasteiger partial charge on any atom is -0.489 e. The number of carboxylic acids is 1. The van der Waals surface area contributed by atoms with Crippen molar-refractivity contribution in [1.29, 1.82) is 5.26 Å². The van der Waals surface area contributed by atoms with Gasteiger partial charge in [0.2, 0.25) is 0 Å². The molecule has 0 radical (unpaired) electrons. The summed E-state index contributed by atoms with van der Waals surface area (Å²) in [4.78, 5) is 22.9. The number of ether oxygens (including phenoxy) is 2. The number of carbonyl (C=O) groups is 2. The minimum atomic E-state index is -1.31. The third-order valence-corrected chi connectivity index (χ3v) is 2.87. The lowest BCUT2D eigenvalue weighted by Gasteiger charge is -2.22. The van der Waals surface area contributed by atoms with Crippen molar-refractivity contribution < 1.29 is 24.2 Å². The van der Waals surface area contributed by atoms with E-state index in [4.69, 9.17) is 20.5 Å². The first-order valence-electron chi connectivity index (χ1n) is 7.19. The van der Waals surface area contributed by atoms with Crippen molar-refractivity contribution in [3.63, 3.8) is 0 Å². The van der Waals surface area contributed by atoms with E-state index in [0.717, 1.165) is 0 Å². The molecule has 0 aromatic heterocycles. The van der Waals surface area contributed by atoms with Crippen LogP contribution in [0.15, 0.2) is 12.1 Å². The fourth-order valence-corrected chi connectivity index (χ4v) is 1.74. The van der Waals surface area contributed by atoms with E-state index >= 15 is 0 Å². The van der Waals surface area contributed by atoms with Crippen LogP contribution >= 0.6 is 0 Å². The Hall–Kier alpha value is -2.95. The normalized spacial score (nSPS) is 12.0. The SMILES string of the molecule is Cc1cc(OCC(NC(=O)OC(C)(C)C)C(=O)O)c(N)cc1C#N.